The van der Waals surface area contributed by atoms with Gasteiger partial charge in [-0.25, -0.2) is 9.98 Å². The number of aromatic nitrogens is 1. The molecular formula is C13H23IN4S. The number of hydrogen-bond donors (Lipinski definition) is 2. The first-order valence-electron chi connectivity index (χ1n) is 6.64. The van der Waals surface area contributed by atoms with Crippen molar-refractivity contribution in [2.24, 2.45) is 10.9 Å². The zero-order valence-corrected chi connectivity index (χ0v) is 15.0. The third kappa shape index (κ3) is 5.64. The lowest BCUT2D eigenvalue weighted by atomic mass is 10.4. The van der Waals surface area contributed by atoms with Gasteiger partial charge < -0.3 is 10.6 Å². The molecule has 1 fully saturated rings. The number of nitrogens with zero attached hydrogens (tertiary/aromatic N) is 2. The average Bonchev–Trinajstić information content (AvgIpc) is 3.11. The average molecular weight is 394 g/mol. The second-order valence-electron chi connectivity index (χ2n) is 4.77. The van der Waals surface area contributed by atoms with Crippen molar-refractivity contribution in [1.29, 1.82) is 0 Å². The van der Waals surface area contributed by atoms with Gasteiger partial charge in [0.2, 0.25) is 0 Å². The molecule has 1 heterocycles. The number of thiazole rings is 1. The van der Waals surface area contributed by atoms with Crippen LogP contribution in [0.1, 0.15) is 35.3 Å². The lowest BCUT2D eigenvalue weighted by Gasteiger charge is -2.09. The van der Waals surface area contributed by atoms with Gasteiger partial charge in [0.05, 0.1) is 12.2 Å². The molecule has 1 saturated carbocycles. The molecule has 1 aromatic heterocycles. The molecule has 0 aliphatic heterocycles. The summed E-state index contributed by atoms with van der Waals surface area (Å²) in [6.07, 6.45) is 2.72. The summed E-state index contributed by atoms with van der Waals surface area (Å²) >= 11 is 1.74. The second kappa shape index (κ2) is 8.04. The smallest absolute Gasteiger partial charge is 0.191 e. The zero-order chi connectivity index (χ0) is 13.0. The topological polar surface area (TPSA) is 49.3 Å². The summed E-state index contributed by atoms with van der Waals surface area (Å²) in [6.45, 7) is 8.85. The molecule has 0 saturated heterocycles. The molecule has 108 valence electrons. The van der Waals surface area contributed by atoms with Gasteiger partial charge in [-0.2, -0.15) is 0 Å². The lowest BCUT2D eigenvalue weighted by molar-refractivity contribution is 0.739. The first-order valence-corrected chi connectivity index (χ1v) is 7.45. The molecule has 1 aliphatic carbocycles. The van der Waals surface area contributed by atoms with Crippen LogP contribution in [0.2, 0.25) is 0 Å². The summed E-state index contributed by atoms with van der Waals surface area (Å²) in [5.41, 5.74) is 1.13. The SMILES string of the molecule is CCNC(=NCc1nc(C)c(C)s1)NCC1CC1.I. The second-order valence-corrected chi connectivity index (χ2v) is 6.06. The molecular weight excluding hydrogens is 371 g/mol. The Labute approximate surface area is 136 Å². The number of rotatable bonds is 5. The van der Waals surface area contributed by atoms with Crippen molar-refractivity contribution < 1.29 is 0 Å². The molecule has 2 rings (SSSR count). The number of guanidine groups is 1. The maximum Gasteiger partial charge on any atom is 0.191 e. The minimum absolute atomic E-state index is 0. The predicted octanol–water partition coefficient (Wildman–Crippen LogP) is 2.84. The molecule has 6 heteroatoms. The number of hydrogen-bond acceptors (Lipinski definition) is 3. The number of halogens is 1. The fourth-order valence-electron chi connectivity index (χ4n) is 1.66. The van der Waals surface area contributed by atoms with Gasteiger partial charge >= 0.3 is 0 Å². The molecule has 0 atom stereocenters. The molecule has 2 N–H and O–H groups in total. The highest BCUT2D eigenvalue weighted by Gasteiger charge is 2.21. The van der Waals surface area contributed by atoms with Crippen LogP contribution in [0.15, 0.2) is 4.99 Å². The Bertz CT molecular complexity index is 407. The van der Waals surface area contributed by atoms with Crippen LogP contribution in [-0.4, -0.2) is 24.0 Å². The number of aryl methyl sites for hydroxylation is 2. The van der Waals surface area contributed by atoms with Gasteiger partial charge in [0.25, 0.3) is 0 Å². The van der Waals surface area contributed by atoms with Gasteiger partial charge in [0.15, 0.2) is 5.96 Å². The van der Waals surface area contributed by atoms with Crippen molar-refractivity contribution in [3.63, 3.8) is 0 Å². The van der Waals surface area contributed by atoms with Crippen LogP contribution in [0.25, 0.3) is 0 Å². The Morgan fingerprint density at radius 2 is 2.11 bits per heavy atom. The van der Waals surface area contributed by atoms with Crippen molar-refractivity contribution in [1.82, 2.24) is 15.6 Å². The van der Waals surface area contributed by atoms with Crippen molar-refractivity contribution in [2.75, 3.05) is 13.1 Å². The Hall–Kier alpha value is -0.370. The third-order valence-electron chi connectivity index (χ3n) is 3.04. The van der Waals surface area contributed by atoms with E-state index < -0.39 is 0 Å². The number of aliphatic imine (C=N–C) groups is 1. The van der Waals surface area contributed by atoms with Crippen LogP contribution in [0.4, 0.5) is 0 Å². The van der Waals surface area contributed by atoms with E-state index in [0.717, 1.165) is 35.7 Å². The van der Waals surface area contributed by atoms with Crippen LogP contribution < -0.4 is 10.6 Å². The molecule has 0 radical (unpaired) electrons. The Morgan fingerprint density at radius 3 is 2.63 bits per heavy atom. The van der Waals surface area contributed by atoms with E-state index in [4.69, 9.17) is 0 Å². The van der Waals surface area contributed by atoms with Crippen LogP contribution >= 0.6 is 35.3 Å². The maximum atomic E-state index is 4.58. The quantitative estimate of drug-likeness (QED) is 0.459. The Morgan fingerprint density at radius 1 is 1.37 bits per heavy atom. The maximum absolute atomic E-state index is 4.58. The normalized spacial score (nSPS) is 15.0. The minimum Gasteiger partial charge on any atom is -0.357 e. The predicted molar refractivity (Wildman–Crippen MR) is 92.5 cm³/mol. The van der Waals surface area contributed by atoms with Crippen LogP contribution in [0.5, 0.6) is 0 Å². The van der Waals surface area contributed by atoms with E-state index in [2.05, 4.69) is 41.4 Å². The molecule has 0 aromatic carbocycles. The summed E-state index contributed by atoms with van der Waals surface area (Å²) < 4.78 is 0. The monoisotopic (exact) mass is 394 g/mol. The highest BCUT2D eigenvalue weighted by Crippen LogP contribution is 2.27. The summed E-state index contributed by atoms with van der Waals surface area (Å²) in [4.78, 5) is 10.4. The highest BCUT2D eigenvalue weighted by atomic mass is 127. The van der Waals surface area contributed by atoms with Crippen LogP contribution in [0.3, 0.4) is 0 Å². The highest BCUT2D eigenvalue weighted by molar-refractivity contribution is 14.0. The van der Waals surface area contributed by atoms with Crippen molar-refractivity contribution in [2.45, 2.75) is 40.2 Å². The Kier molecular flexibility index (Phi) is 7.06. The van der Waals surface area contributed by atoms with E-state index >= 15 is 0 Å². The van der Waals surface area contributed by atoms with Gasteiger partial charge in [0, 0.05) is 18.0 Å². The molecule has 0 amide bonds. The van der Waals surface area contributed by atoms with Crippen LogP contribution in [-0.2, 0) is 6.54 Å². The molecule has 19 heavy (non-hydrogen) atoms. The van der Waals surface area contributed by atoms with Gasteiger partial charge in [-0.1, -0.05) is 0 Å². The summed E-state index contributed by atoms with van der Waals surface area (Å²) in [7, 11) is 0. The van der Waals surface area contributed by atoms with Crippen molar-refractivity contribution in [3.8, 4) is 0 Å². The zero-order valence-electron chi connectivity index (χ0n) is 11.8. The summed E-state index contributed by atoms with van der Waals surface area (Å²) in [5, 5.41) is 7.75. The fourth-order valence-corrected chi connectivity index (χ4v) is 2.52. The van der Waals surface area contributed by atoms with Gasteiger partial charge in [-0.3, -0.25) is 0 Å². The molecule has 1 aliphatic rings. The van der Waals surface area contributed by atoms with E-state index in [1.807, 2.05) is 0 Å². The van der Waals surface area contributed by atoms with E-state index in [-0.39, 0.29) is 24.0 Å². The fraction of sp³-hybridized carbons (Fsp3) is 0.692. The summed E-state index contributed by atoms with van der Waals surface area (Å²) in [5.74, 6) is 1.77. The molecule has 0 spiro atoms. The van der Waals surface area contributed by atoms with E-state index in [9.17, 15) is 0 Å². The standard InChI is InChI=1S/C13H22N4S.HI/c1-4-14-13(15-7-11-5-6-11)16-8-12-17-9(2)10(3)18-12;/h11H,4-8H2,1-3H3,(H2,14,15,16);1H. The number of nitrogens with one attached hydrogen (secondary N) is 2. The molecule has 0 bridgehead atoms. The largest absolute Gasteiger partial charge is 0.357 e. The lowest BCUT2D eigenvalue weighted by Crippen LogP contribution is -2.38. The van der Waals surface area contributed by atoms with E-state index in [1.165, 1.54) is 17.7 Å². The first kappa shape index (κ1) is 16.7. The molecule has 4 nitrogen and oxygen atoms in total. The van der Waals surface area contributed by atoms with Crippen molar-refractivity contribution in [3.05, 3.63) is 15.6 Å². The molecule has 1 aromatic rings. The Balaban J connectivity index is 0.00000180. The van der Waals surface area contributed by atoms with Gasteiger partial charge in [-0.05, 0) is 39.5 Å². The first-order chi connectivity index (χ1) is 8.69. The molecule has 0 unspecified atom stereocenters. The third-order valence-corrected chi connectivity index (χ3v) is 4.10. The van der Waals surface area contributed by atoms with E-state index in [1.54, 1.807) is 11.3 Å². The van der Waals surface area contributed by atoms with E-state index in [0.29, 0.717) is 6.54 Å². The van der Waals surface area contributed by atoms with Gasteiger partial charge in [-0.15, -0.1) is 35.3 Å². The van der Waals surface area contributed by atoms with Crippen molar-refractivity contribution >= 4 is 41.3 Å². The summed E-state index contributed by atoms with van der Waals surface area (Å²) in [6, 6.07) is 0. The minimum atomic E-state index is 0. The van der Waals surface area contributed by atoms with Gasteiger partial charge in [0.1, 0.15) is 5.01 Å². The van der Waals surface area contributed by atoms with Crippen LogP contribution in [0, 0.1) is 19.8 Å².